The molecule has 0 spiro atoms. The van der Waals surface area contributed by atoms with Gasteiger partial charge in [-0.25, -0.2) is 9.18 Å². The summed E-state index contributed by atoms with van der Waals surface area (Å²) in [5.74, 6) is -0.868. The second kappa shape index (κ2) is 6.78. The molecule has 0 saturated carbocycles. The number of hydrogen-bond donors (Lipinski definition) is 1. The smallest absolute Gasteiger partial charge is 0.332 e. The number of rotatable bonds is 6. The molecule has 2 aromatic rings. The van der Waals surface area contributed by atoms with Gasteiger partial charge in [-0.2, -0.15) is 0 Å². The molecule has 112 valence electrons. The Hall–Kier alpha value is -1.79. The number of aromatic nitrogens is 1. The van der Waals surface area contributed by atoms with E-state index in [2.05, 4.69) is 10.3 Å². The van der Waals surface area contributed by atoms with Gasteiger partial charge >= 0.3 is 5.97 Å². The van der Waals surface area contributed by atoms with Gasteiger partial charge in [0.2, 0.25) is 0 Å². The van der Waals surface area contributed by atoms with Crippen LogP contribution in [-0.2, 0) is 21.6 Å². The number of carbonyl (C=O) groups is 1. The number of thiophene rings is 1. The van der Waals surface area contributed by atoms with Crippen molar-refractivity contribution in [1.82, 2.24) is 10.3 Å². The second-order valence-electron chi connectivity index (χ2n) is 4.55. The van der Waals surface area contributed by atoms with Gasteiger partial charge in [-0.1, -0.05) is 13.0 Å². The van der Waals surface area contributed by atoms with Crippen LogP contribution in [-0.4, -0.2) is 18.1 Å². The van der Waals surface area contributed by atoms with E-state index < -0.39 is 17.3 Å². The fraction of sp³-hybridized carbons (Fsp3) is 0.333. The molecule has 2 heterocycles. The summed E-state index contributed by atoms with van der Waals surface area (Å²) in [4.78, 5) is 17.4. The second-order valence-corrected chi connectivity index (χ2v) is 5.58. The number of halogens is 1. The number of methoxy groups -OCH3 is 1. The van der Waals surface area contributed by atoms with E-state index in [0.29, 0.717) is 18.7 Å². The zero-order valence-corrected chi connectivity index (χ0v) is 12.7. The molecular formula is C15H17FN2O2S. The molecule has 1 unspecified atom stereocenters. The molecule has 0 bridgehead atoms. The molecule has 0 amide bonds. The highest BCUT2D eigenvalue weighted by Gasteiger charge is 2.40. The minimum Gasteiger partial charge on any atom is -0.467 e. The van der Waals surface area contributed by atoms with Crippen LogP contribution in [0, 0.1) is 5.82 Å². The summed E-state index contributed by atoms with van der Waals surface area (Å²) in [7, 11) is 1.34. The Labute approximate surface area is 127 Å². The van der Waals surface area contributed by atoms with Crippen LogP contribution < -0.4 is 5.32 Å². The molecule has 21 heavy (non-hydrogen) atoms. The molecule has 0 fully saturated rings. The molecule has 2 aromatic heterocycles. The molecule has 0 radical (unpaired) electrons. The van der Waals surface area contributed by atoms with Crippen molar-refractivity contribution in [2.45, 2.75) is 25.4 Å². The molecule has 0 aliphatic heterocycles. The first-order valence-corrected chi connectivity index (χ1v) is 7.48. The summed E-state index contributed by atoms with van der Waals surface area (Å²) in [6.07, 6.45) is 1.55. The highest BCUT2D eigenvalue weighted by atomic mass is 32.1. The predicted molar refractivity (Wildman–Crippen MR) is 79.3 cm³/mol. The number of hydrogen-bond acceptors (Lipinski definition) is 5. The maximum absolute atomic E-state index is 13.1. The lowest BCUT2D eigenvalue weighted by atomic mass is 9.91. The third-order valence-electron chi connectivity index (χ3n) is 3.37. The van der Waals surface area contributed by atoms with Gasteiger partial charge in [-0.3, -0.25) is 10.3 Å². The van der Waals surface area contributed by atoms with E-state index >= 15 is 0 Å². The quantitative estimate of drug-likeness (QED) is 0.834. The maximum atomic E-state index is 13.1. The molecule has 0 aliphatic carbocycles. The van der Waals surface area contributed by atoms with E-state index in [4.69, 9.17) is 4.74 Å². The summed E-state index contributed by atoms with van der Waals surface area (Å²) in [6, 6.07) is 6.73. The topological polar surface area (TPSA) is 51.2 Å². The van der Waals surface area contributed by atoms with Gasteiger partial charge in [0.25, 0.3) is 0 Å². The highest BCUT2D eigenvalue weighted by Crippen LogP contribution is 2.26. The van der Waals surface area contributed by atoms with Crippen molar-refractivity contribution in [2.75, 3.05) is 7.11 Å². The average Bonchev–Trinajstić information content (AvgIpc) is 3.02. The third-order valence-corrected chi connectivity index (χ3v) is 4.25. The van der Waals surface area contributed by atoms with Crippen molar-refractivity contribution in [1.29, 1.82) is 0 Å². The fourth-order valence-electron chi connectivity index (χ4n) is 2.17. The third kappa shape index (κ3) is 3.28. The first-order chi connectivity index (χ1) is 10.1. The number of nitrogens with zero attached hydrogens (tertiary/aromatic N) is 1. The summed E-state index contributed by atoms with van der Waals surface area (Å²) in [6.45, 7) is 2.38. The van der Waals surface area contributed by atoms with Crippen molar-refractivity contribution in [3.8, 4) is 0 Å². The SMILES string of the molecule is CCC(NCc1cccs1)(C(=O)OC)c1ccc(F)cn1. The monoisotopic (exact) mass is 308 g/mol. The Balaban J connectivity index is 2.32. The maximum Gasteiger partial charge on any atom is 0.332 e. The number of esters is 1. The Morgan fingerprint density at radius 1 is 1.48 bits per heavy atom. The lowest BCUT2D eigenvalue weighted by Crippen LogP contribution is -2.49. The van der Waals surface area contributed by atoms with E-state index in [9.17, 15) is 9.18 Å². The minimum atomic E-state index is -1.08. The number of nitrogens with one attached hydrogen (secondary N) is 1. The van der Waals surface area contributed by atoms with E-state index in [1.807, 2.05) is 24.4 Å². The Bertz CT molecular complexity index is 586. The first-order valence-electron chi connectivity index (χ1n) is 6.60. The van der Waals surface area contributed by atoms with Gasteiger partial charge in [0, 0.05) is 11.4 Å². The Morgan fingerprint density at radius 3 is 2.81 bits per heavy atom. The van der Waals surface area contributed by atoms with Gasteiger partial charge < -0.3 is 4.74 Å². The largest absolute Gasteiger partial charge is 0.467 e. The van der Waals surface area contributed by atoms with Gasteiger partial charge in [-0.15, -0.1) is 11.3 Å². The Kier molecular flexibility index (Phi) is 5.03. The molecule has 1 atom stereocenters. The molecule has 1 N–H and O–H groups in total. The van der Waals surface area contributed by atoms with Crippen LogP contribution in [0.25, 0.3) is 0 Å². The molecule has 2 rings (SSSR count). The van der Waals surface area contributed by atoms with Crippen molar-refractivity contribution in [2.24, 2.45) is 0 Å². The highest BCUT2D eigenvalue weighted by molar-refractivity contribution is 7.09. The molecule has 0 aliphatic rings. The number of ether oxygens (including phenoxy) is 1. The molecule has 0 aromatic carbocycles. The van der Waals surface area contributed by atoms with Crippen LogP contribution in [0.1, 0.15) is 23.9 Å². The van der Waals surface area contributed by atoms with Crippen LogP contribution >= 0.6 is 11.3 Å². The van der Waals surface area contributed by atoms with Crippen molar-refractivity contribution >= 4 is 17.3 Å². The Morgan fingerprint density at radius 2 is 2.29 bits per heavy atom. The van der Waals surface area contributed by atoms with E-state index in [1.165, 1.54) is 19.2 Å². The predicted octanol–water partition coefficient (Wildman–Crippen LogP) is 2.85. The van der Waals surface area contributed by atoms with Crippen LogP contribution in [0.5, 0.6) is 0 Å². The number of carbonyl (C=O) groups excluding carboxylic acids is 1. The summed E-state index contributed by atoms with van der Waals surface area (Å²) in [5, 5.41) is 5.19. The molecular weight excluding hydrogens is 291 g/mol. The van der Waals surface area contributed by atoms with Crippen LogP contribution in [0.15, 0.2) is 35.8 Å². The van der Waals surface area contributed by atoms with E-state index in [-0.39, 0.29) is 0 Å². The summed E-state index contributed by atoms with van der Waals surface area (Å²) in [5.41, 5.74) is -0.623. The van der Waals surface area contributed by atoms with Gasteiger partial charge in [0.1, 0.15) is 5.82 Å². The first kappa shape index (κ1) is 15.6. The summed E-state index contributed by atoms with van der Waals surface area (Å²) >= 11 is 1.60. The van der Waals surface area contributed by atoms with E-state index in [0.717, 1.165) is 11.1 Å². The van der Waals surface area contributed by atoms with Crippen LogP contribution in [0.3, 0.4) is 0 Å². The normalized spacial score (nSPS) is 13.7. The molecule has 0 saturated heterocycles. The van der Waals surface area contributed by atoms with Gasteiger partial charge in [-0.05, 0) is 30.0 Å². The summed E-state index contributed by atoms with van der Waals surface area (Å²) < 4.78 is 18.0. The fourth-order valence-corrected chi connectivity index (χ4v) is 2.82. The van der Waals surface area contributed by atoms with Crippen molar-refractivity contribution in [3.63, 3.8) is 0 Å². The average molecular weight is 308 g/mol. The van der Waals surface area contributed by atoms with Crippen molar-refractivity contribution < 1.29 is 13.9 Å². The van der Waals surface area contributed by atoms with Gasteiger partial charge in [0.05, 0.1) is 19.0 Å². The van der Waals surface area contributed by atoms with Crippen molar-refractivity contribution in [3.05, 3.63) is 52.2 Å². The molecule has 4 nitrogen and oxygen atoms in total. The lowest BCUT2D eigenvalue weighted by Gasteiger charge is -2.30. The zero-order chi connectivity index (χ0) is 15.3. The zero-order valence-electron chi connectivity index (χ0n) is 11.9. The van der Waals surface area contributed by atoms with Crippen LogP contribution in [0.4, 0.5) is 4.39 Å². The molecule has 6 heteroatoms. The van der Waals surface area contributed by atoms with Gasteiger partial charge in [0.15, 0.2) is 5.54 Å². The number of pyridine rings is 1. The van der Waals surface area contributed by atoms with E-state index in [1.54, 1.807) is 11.3 Å². The minimum absolute atomic E-state index is 0.430. The lowest BCUT2D eigenvalue weighted by molar-refractivity contribution is -0.149. The van der Waals surface area contributed by atoms with Crippen LogP contribution in [0.2, 0.25) is 0 Å². The standard InChI is InChI=1S/C15H17FN2O2S/c1-3-15(14(19)20-2,13-7-6-11(16)9-17-13)18-10-12-5-4-8-21-12/h4-9,18H,3,10H2,1-2H3.